The molecule has 1 aromatic heterocycles. The summed E-state index contributed by atoms with van der Waals surface area (Å²) in [5.41, 5.74) is 3.05. The molecule has 10 nitrogen and oxygen atoms in total. The highest BCUT2D eigenvalue weighted by molar-refractivity contribution is 5.89. The lowest BCUT2D eigenvalue weighted by Crippen LogP contribution is -2.44. The molecule has 1 atom stereocenters. The molecule has 34 heavy (non-hydrogen) atoms. The second kappa shape index (κ2) is 10.6. The lowest BCUT2D eigenvalue weighted by atomic mass is 10.1. The van der Waals surface area contributed by atoms with Crippen molar-refractivity contribution in [1.82, 2.24) is 20.2 Å². The fourth-order valence-electron chi connectivity index (χ4n) is 4.03. The van der Waals surface area contributed by atoms with E-state index in [2.05, 4.69) is 22.5 Å². The van der Waals surface area contributed by atoms with E-state index < -0.39 is 12.7 Å². The molecule has 0 radical (unpaired) electrons. The van der Waals surface area contributed by atoms with Crippen molar-refractivity contribution >= 4 is 23.6 Å². The molecular weight excluding hydrogens is 443 g/mol. The van der Waals surface area contributed by atoms with Crippen molar-refractivity contribution in [2.24, 2.45) is 0 Å². The number of aromatic nitrogens is 2. The highest BCUT2D eigenvalue weighted by atomic mass is 19.1. The van der Waals surface area contributed by atoms with Crippen LogP contribution in [-0.4, -0.2) is 72.6 Å². The number of carbonyl (C=O) groups excluding carboxylic acids is 2. The molecule has 0 spiro atoms. The zero-order valence-corrected chi connectivity index (χ0v) is 19.3. The average molecular weight is 473 g/mol. The molecule has 1 aromatic carbocycles. The molecule has 1 unspecified atom stereocenters. The molecule has 2 aliphatic heterocycles. The van der Waals surface area contributed by atoms with E-state index in [1.165, 1.54) is 0 Å². The topological polar surface area (TPSA) is 109 Å². The SMILES string of the molecule is CCOC(=O)N1Cc2nc(-c3ccc(NC(=O)NCCF)cc3)nc(N3CCOCC3C)c2C1. The predicted octanol–water partition coefficient (Wildman–Crippen LogP) is 2.93. The van der Waals surface area contributed by atoms with Gasteiger partial charge in [-0.3, -0.25) is 4.90 Å². The largest absolute Gasteiger partial charge is 0.450 e. The molecule has 182 valence electrons. The molecule has 2 aromatic rings. The van der Waals surface area contributed by atoms with Gasteiger partial charge in [0.2, 0.25) is 0 Å². The number of hydrogen-bond donors (Lipinski definition) is 2. The normalized spacial score (nSPS) is 17.3. The monoisotopic (exact) mass is 472 g/mol. The van der Waals surface area contributed by atoms with Gasteiger partial charge in [-0.1, -0.05) is 0 Å². The lowest BCUT2D eigenvalue weighted by Gasteiger charge is -2.35. The fourth-order valence-corrected chi connectivity index (χ4v) is 4.03. The van der Waals surface area contributed by atoms with Crippen LogP contribution in [0.5, 0.6) is 0 Å². The van der Waals surface area contributed by atoms with Crippen molar-refractivity contribution in [3.63, 3.8) is 0 Å². The van der Waals surface area contributed by atoms with E-state index in [9.17, 15) is 14.0 Å². The minimum absolute atomic E-state index is 0.0432. The second-order valence-corrected chi connectivity index (χ2v) is 8.12. The molecule has 1 saturated heterocycles. The molecule has 0 bridgehead atoms. The number of urea groups is 1. The van der Waals surface area contributed by atoms with Crippen LogP contribution in [0.25, 0.3) is 11.4 Å². The predicted molar refractivity (Wildman–Crippen MR) is 124 cm³/mol. The Bertz CT molecular complexity index is 1030. The number of rotatable bonds is 6. The van der Waals surface area contributed by atoms with Crippen molar-refractivity contribution in [2.75, 3.05) is 49.8 Å². The molecule has 3 heterocycles. The number of benzene rings is 1. The van der Waals surface area contributed by atoms with Gasteiger partial charge in [0, 0.05) is 29.9 Å². The van der Waals surface area contributed by atoms with Crippen LogP contribution < -0.4 is 15.5 Å². The van der Waals surface area contributed by atoms with Crippen LogP contribution >= 0.6 is 0 Å². The first-order valence-corrected chi connectivity index (χ1v) is 11.4. The Labute approximate surface area is 197 Å². The van der Waals surface area contributed by atoms with Crippen LogP contribution in [0.3, 0.4) is 0 Å². The number of fused-ring (bicyclic) bond motifs is 1. The van der Waals surface area contributed by atoms with Crippen molar-refractivity contribution in [2.45, 2.75) is 33.0 Å². The molecule has 1 fully saturated rings. The summed E-state index contributed by atoms with van der Waals surface area (Å²) in [6, 6.07) is 6.77. The molecule has 4 rings (SSSR count). The third-order valence-corrected chi connectivity index (χ3v) is 5.71. The van der Waals surface area contributed by atoms with Gasteiger partial charge >= 0.3 is 12.1 Å². The van der Waals surface area contributed by atoms with Crippen LogP contribution in [-0.2, 0) is 22.6 Å². The van der Waals surface area contributed by atoms with Gasteiger partial charge < -0.3 is 25.0 Å². The minimum Gasteiger partial charge on any atom is -0.450 e. The standard InChI is InChI=1S/C23H29FN6O4/c1-3-34-23(32)29-12-18-19(13-29)27-20(28-21(18)30-10-11-33-14-15(30)2)16-4-6-17(7-5-16)26-22(31)25-9-8-24/h4-7,15H,3,8-14H2,1-2H3,(H2,25,26,31). The Kier molecular flexibility index (Phi) is 7.41. The average Bonchev–Trinajstić information content (AvgIpc) is 3.28. The van der Waals surface area contributed by atoms with Crippen LogP contribution in [0.1, 0.15) is 25.1 Å². The molecule has 11 heteroatoms. The first-order valence-electron chi connectivity index (χ1n) is 11.4. The smallest absolute Gasteiger partial charge is 0.410 e. The summed E-state index contributed by atoms with van der Waals surface area (Å²) in [7, 11) is 0. The Hall–Kier alpha value is -3.47. The maximum Gasteiger partial charge on any atom is 0.410 e. The van der Waals surface area contributed by atoms with Crippen LogP contribution in [0.2, 0.25) is 0 Å². The van der Waals surface area contributed by atoms with Crippen LogP contribution in [0, 0.1) is 0 Å². The Morgan fingerprint density at radius 3 is 2.74 bits per heavy atom. The quantitative estimate of drug-likeness (QED) is 0.665. The number of carbonyl (C=O) groups is 2. The molecule has 2 aliphatic rings. The van der Waals surface area contributed by atoms with E-state index in [1.807, 2.05) is 12.1 Å². The summed E-state index contributed by atoms with van der Waals surface area (Å²) in [5, 5.41) is 5.08. The van der Waals surface area contributed by atoms with E-state index in [-0.39, 0.29) is 18.7 Å². The van der Waals surface area contributed by atoms with Gasteiger partial charge in [-0.05, 0) is 38.1 Å². The van der Waals surface area contributed by atoms with Gasteiger partial charge in [-0.15, -0.1) is 0 Å². The number of alkyl halides is 1. The van der Waals surface area contributed by atoms with Gasteiger partial charge in [-0.25, -0.2) is 23.9 Å². The van der Waals surface area contributed by atoms with E-state index in [4.69, 9.17) is 19.4 Å². The number of ether oxygens (including phenoxy) is 2. The van der Waals surface area contributed by atoms with Gasteiger partial charge in [-0.2, -0.15) is 0 Å². The highest BCUT2D eigenvalue weighted by Crippen LogP contribution is 2.33. The number of halogens is 1. The molecule has 2 N–H and O–H groups in total. The third kappa shape index (κ3) is 5.19. The zero-order chi connectivity index (χ0) is 24.1. The molecule has 0 saturated carbocycles. The van der Waals surface area contributed by atoms with E-state index in [1.54, 1.807) is 24.0 Å². The lowest BCUT2D eigenvalue weighted by molar-refractivity contribution is 0.0980. The second-order valence-electron chi connectivity index (χ2n) is 8.12. The maximum atomic E-state index is 12.4. The van der Waals surface area contributed by atoms with Gasteiger partial charge in [0.05, 0.1) is 44.6 Å². The van der Waals surface area contributed by atoms with Gasteiger partial charge in [0.1, 0.15) is 12.5 Å². The number of anilines is 2. The van der Waals surface area contributed by atoms with Gasteiger partial charge in [0.25, 0.3) is 0 Å². The number of nitrogens with one attached hydrogen (secondary N) is 2. The number of nitrogens with zero attached hydrogens (tertiary/aromatic N) is 4. The van der Waals surface area contributed by atoms with Crippen molar-refractivity contribution in [3.8, 4) is 11.4 Å². The van der Waals surface area contributed by atoms with E-state index in [0.29, 0.717) is 51.0 Å². The summed E-state index contributed by atoms with van der Waals surface area (Å²) >= 11 is 0. The maximum absolute atomic E-state index is 12.4. The number of hydrogen-bond acceptors (Lipinski definition) is 7. The summed E-state index contributed by atoms with van der Waals surface area (Å²) in [6.07, 6.45) is -0.371. The third-order valence-electron chi connectivity index (χ3n) is 5.71. The van der Waals surface area contributed by atoms with Crippen molar-refractivity contribution in [3.05, 3.63) is 35.5 Å². The first-order chi connectivity index (χ1) is 16.5. The summed E-state index contributed by atoms with van der Waals surface area (Å²) < 4.78 is 23.0. The summed E-state index contributed by atoms with van der Waals surface area (Å²) in [4.78, 5) is 37.6. The van der Waals surface area contributed by atoms with Crippen LogP contribution in [0.4, 0.5) is 25.5 Å². The first kappa shape index (κ1) is 23.7. The van der Waals surface area contributed by atoms with E-state index >= 15 is 0 Å². The summed E-state index contributed by atoms with van der Waals surface area (Å²) in [6.45, 7) is 6.14. The fraction of sp³-hybridized carbons (Fsp3) is 0.478. The van der Waals surface area contributed by atoms with Crippen LogP contribution in [0.15, 0.2) is 24.3 Å². The molecular formula is C23H29FN6O4. The zero-order valence-electron chi connectivity index (χ0n) is 19.3. The van der Waals surface area contributed by atoms with Crippen molar-refractivity contribution in [1.29, 1.82) is 0 Å². The Balaban J connectivity index is 1.62. The minimum atomic E-state index is -0.625. The van der Waals surface area contributed by atoms with Crippen molar-refractivity contribution < 1.29 is 23.5 Å². The summed E-state index contributed by atoms with van der Waals surface area (Å²) in [5.74, 6) is 1.34. The Morgan fingerprint density at radius 2 is 2.03 bits per heavy atom. The Morgan fingerprint density at radius 1 is 1.24 bits per heavy atom. The molecule has 3 amide bonds. The number of morpholine rings is 1. The van der Waals surface area contributed by atoms with Gasteiger partial charge in [0.15, 0.2) is 5.82 Å². The van der Waals surface area contributed by atoms with E-state index in [0.717, 1.165) is 22.6 Å². The highest BCUT2D eigenvalue weighted by Gasteiger charge is 2.33. The molecule has 0 aliphatic carbocycles. The number of amides is 3.